The van der Waals surface area contributed by atoms with Gasteiger partial charge >= 0.3 is 0 Å². The summed E-state index contributed by atoms with van der Waals surface area (Å²) in [4.78, 5) is 20.9. The molecule has 0 atom stereocenters. The van der Waals surface area contributed by atoms with Crippen molar-refractivity contribution in [1.82, 2.24) is 9.97 Å². The summed E-state index contributed by atoms with van der Waals surface area (Å²) < 4.78 is 5.35. The summed E-state index contributed by atoms with van der Waals surface area (Å²) >= 11 is 1.51. The number of benzene rings is 1. The van der Waals surface area contributed by atoms with Crippen molar-refractivity contribution in [3.05, 3.63) is 45.6 Å². The third-order valence-electron chi connectivity index (χ3n) is 3.61. The fraction of sp³-hybridized carbons (Fsp3) is 0.294. The summed E-state index contributed by atoms with van der Waals surface area (Å²) in [6, 6.07) is 7.54. The fourth-order valence-corrected chi connectivity index (χ4v) is 3.63. The van der Waals surface area contributed by atoms with E-state index < -0.39 is 0 Å². The first-order chi connectivity index (χ1) is 10.4. The van der Waals surface area contributed by atoms with Gasteiger partial charge < -0.3 is 9.72 Å². The number of H-pyrrole nitrogens is 1. The lowest BCUT2D eigenvalue weighted by Gasteiger charge is -2.17. The average molecular weight is 314 g/mol. The van der Waals surface area contributed by atoms with Gasteiger partial charge in [0.25, 0.3) is 5.56 Å². The summed E-state index contributed by atoms with van der Waals surface area (Å²) in [7, 11) is 1.61. The van der Waals surface area contributed by atoms with Crippen LogP contribution in [0.3, 0.4) is 0 Å². The van der Waals surface area contributed by atoms with Gasteiger partial charge in [0.05, 0.1) is 18.1 Å². The van der Waals surface area contributed by atoms with Crippen LogP contribution in [0.4, 0.5) is 0 Å². The van der Waals surface area contributed by atoms with Crippen LogP contribution in [0.15, 0.2) is 34.4 Å². The Labute approximate surface area is 132 Å². The average Bonchev–Trinajstić information content (AvgIpc) is 2.91. The number of nitrogens with one attached hydrogen (secondary N) is 1. The lowest BCUT2D eigenvalue weighted by Crippen LogP contribution is -2.16. The number of aromatic amines is 1. The summed E-state index contributed by atoms with van der Waals surface area (Å²) in [6.07, 6.45) is 0. The molecule has 2 heterocycles. The predicted molar refractivity (Wildman–Crippen MR) is 90.9 cm³/mol. The molecule has 22 heavy (non-hydrogen) atoms. The molecule has 114 valence electrons. The first kappa shape index (κ1) is 14.8. The summed E-state index contributed by atoms with van der Waals surface area (Å²) in [6.45, 7) is 6.30. The van der Waals surface area contributed by atoms with Crippen molar-refractivity contribution >= 4 is 21.6 Å². The molecule has 1 aromatic carbocycles. The van der Waals surface area contributed by atoms with Crippen molar-refractivity contribution in [2.24, 2.45) is 0 Å². The number of hydrogen-bond donors (Lipinski definition) is 1. The molecule has 0 saturated carbocycles. The third kappa shape index (κ3) is 2.41. The number of thiophene rings is 1. The molecule has 5 heteroatoms. The molecule has 0 aliphatic heterocycles. The van der Waals surface area contributed by atoms with E-state index in [9.17, 15) is 4.79 Å². The molecule has 0 fully saturated rings. The fourth-order valence-electron chi connectivity index (χ4n) is 2.47. The van der Waals surface area contributed by atoms with Crippen LogP contribution < -0.4 is 10.3 Å². The Hall–Kier alpha value is -2.14. The Balaban J connectivity index is 2.26. The summed E-state index contributed by atoms with van der Waals surface area (Å²) in [5, 5.41) is 2.72. The van der Waals surface area contributed by atoms with E-state index in [4.69, 9.17) is 4.74 Å². The molecule has 1 N–H and O–H groups in total. The van der Waals surface area contributed by atoms with Crippen LogP contribution in [0.25, 0.3) is 21.6 Å². The lowest BCUT2D eigenvalue weighted by atomic mass is 9.87. The largest absolute Gasteiger partial charge is 0.496 e. The first-order valence-corrected chi connectivity index (χ1v) is 7.95. The van der Waals surface area contributed by atoms with Crippen molar-refractivity contribution in [2.45, 2.75) is 26.2 Å². The lowest BCUT2D eigenvalue weighted by molar-refractivity contribution is 0.416. The second-order valence-corrected chi connectivity index (χ2v) is 7.05. The molecule has 0 aliphatic carbocycles. The molecular weight excluding hydrogens is 296 g/mol. The van der Waals surface area contributed by atoms with Gasteiger partial charge in [0.2, 0.25) is 0 Å². The van der Waals surface area contributed by atoms with Crippen molar-refractivity contribution in [2.75, 3.05) is 7.11 Å². The van der Waals surface area contributed by atoms with E-state index in [-0.39, 0.29) is 11.0 Å². The van der Waals surface area contributed by atoms with E-state index in [1.54, 1.807) is 7.11 Å². The van der Waals surface area contributed by atoms with Crippen LogP contribution in [0.1, 0.15) is 26.3 Å². The molecule has 2 aromatic heterocycles. The highest BCUT2D eigenvalue weighted by atomic mass is 32.1. The first-order valence-electron chi connectivity index (χ1n) is 7.07. The second-order valence-electron chi connectivity index (χ2n) is 6.19. The van der Waals surface area contributed by atoms with Crippen molar-refractivity contribution in [1.29, 1.82) is 0 Å². The summed E-state index contributed by atoms with van der Waals surface area (Å²) in [5.74, 6) is 1.23. The van der Waals surface area contributed by atoms with E-state index in [1.165, 1.54) is 11.3 Å². The highest BCUT2D eigenvalue weighted by molar-refractivity contribution is 7.16. The molecule has 0 radical (unpaired) electrons. The van der Waals surface area contributed by atoms with Crippen LogP contribution in [-0.2, 0) is 5.41 Å². The number of methoxy groups -OCH3 is 1. The standard InChI is InChI=1S/C17H18N2O2S/c1-17(2,3)11-9-22-16-13(11)15(20)18-14(19-16)10-7-5-6-8-12(10)21-4/h5-9H,1-4H3,(H,18,19,20). The Bertz CT molecular complexity index is 888. The number of para-hydroxylation sites is 1. The zero-order valence-electron chi connectivity index (χ0n) is 13.1. The Morgan fingerprint density at radius 3 is 2.64 bits per heavy atom. The number of ether oxygens (including phenoxy) is 1. The van der Waals surface area contributed by atoms with Crippen LogP contribution in [-0.4, -0.2) is 17.1 Å². The normalized spacial score (nSPS) is 11.8. The smallest absolute Gasteiger partial charge is 0.260 e. The van der Waals surface area contributed by atoms with Crippen molar-refractivity contribution in [3.8, 4) is 17.1 Å². The van der Waals surface area contributed by atoms with E-state index in [0.29, 0.717) is 17.0 Å². The molecule has 0 spiro atoms. The zero-order chi connectivity index (χ0) is 15.9. The number of aromatic nitrogens is 2. The minimum Gasteiger partial charge on any atom is -0.496 e. The number of fused-ring (bicyclic) bond motifs is 1. The van der Waals surface area contributed by atoms with Gasteiger partial charge in [-0.25, -0.2) is 4.98 Å². The number of nitrogens with zero attached hydrogens (tertiary/aromatic N) is 1. The van der Waals surface area contributed by atoms with Gasteiger partial charge in [0.1, 0.15) is 16.4 Å². The molecule has 4 nitrogen and oxygen atoms in total. The van der Waals surface area contributed by atoms with Crippen LogP contribution in [0.5, 0.6) is 5.75 Å². The van der Waals surface area contributed by atoms with Gasteiger partial charge in [-0.15, -0.1) is 11.3 Å². The quantitative estimate of drug-likeness (QED) is 0.779. The minimum atomic E-state index is -0.0999. The maximum atomic E-state index is 12.6. The van der Waals surface area contributed by atoms with Gasteiger partial charge in [-0.2, -0.15) is 0 Å². The Kier molecular flexibility index (Phi) is 3.53. The van der Waals surface area contributed by atoms with Gasteiger partial charge in [-0.1, -0.05) is 32.9 Å². The van der Waals surface area contributed by atoms with Gasteiger partial charge in [-0.05, 0) is 28.5 Å². The van der Waals surface area contributed by atoms with Crippen molar-refractivity contribution in [3.63, 3.8) is 0 Å². The molecular formula is C17H18N2O2S. The SMILES string of the molecule is COc1ccccc1-c1nc2scc(C(C)(C)C)c2c(=O)[nH]1. The topological polar surface area (TPSA) is 55.0 Å². The van der Waals surface area contributed by atoms with Crippen LogP contribution >= 0.6 is 11.3 Å². The molecule has 0 unspecified atom stereocenters. The van der Waals surface area contributed by atoms with E-state index in [1.807, 2.05) is 29.6 Å². The highest BCUT2D eigenvalue weighted by Crippen LogP contribution is 2.33. The van der Waals surface area contributed by atoms with Gasteiger partial charge in [0.15, 0.2) is 0 Å². The molecule has 3 aromatic rings. The monoisotopic (exact) mass is 314 g/mol. The predicted octanol–water partition coefficient (Wildman–Crippen LogP) is 3.96. The molecule has 0 bridgehead atoms. The molecule has 0 amide bonds. The maximum Gasteiger partial charge on any atom is 0.260 e. The third-order valence-corrected chi connectivity index (χ3v) is 4.49. The van der Waals surface area contributed by atoms with Crippen LogP contribution in [0.2, 0.25) is 0 Å². The second kappa shape index (κ2) is 5.25. The zero-order valence-corrected chi connectivity index (χ0v) is 13.9. The maximum absolute atomic E-state index is 12.6. The molecule has 0 saturated heterocycles. The Morgan fingerprint density at radius 2 is 1.95 bits per heavy atom. The number of rotatable bonds is 2. The van der Waals surface area contributed by atoms with Gasteiger partial charge in [0, 0.05) is 0 Å². The minimum absolute atomic E-state index is 0.0844. The van der Waals surface area contributed by atoms with E-state index in [0.717, 1.165) is 16.0 Å². The molecule has 3 rings (SSSR count). The van der Waals surface area contributed by atoms with E-state index in [2.05, 4.69) is 30.7 Å². The summed E-state index contributed by atoms with van der Waals surface area (Å²) in [5.41, 5.74) is 1.64. The van der Waals surface area contributed by atoms with Gasteiger partial charge in [-0.3, -0.25) is 4.79 Å². The van der Waals surface area contributed by atoms with E-state index >= 15 is 0 Å². The van der Waals surface area contributed by atoms with Crippen molar-refractivity contribution < 1.29 is 4.74 Å². The molecule has 0 aliphatic rings. The van der Waals surface area contributed by atoms with Crippen LogP contribution in [0, 0.1) is 0 Å². The highest BCUT2D eigenvalue weighted by Gasteiger charge is 2.22. The Morgan fingerprint density at radius 1 is 1.23 bits per heavy atom. The number of hydrogen-bond acceptors (Lipinski definition) is 4.